The average Bonchev–Trinajstić information content (AvgIpc) is 2.47. The number of hydrogen-bond donors (Lipinski definition) is 1. The third kappa shape index (κ3) is 6.75. The van der Waals surface area contributed by atoms with Gasteiger partial charge in [-0.05, 0) is 20.3 Å². The number of nitrogens with zero attached hydrogens (tertiary/aromatic N) is 4. The highest BCUT2D eigenvalue weighted by atomic mass is 16.5. The molecule has 1 fully saturated rings. The first-order chi connectivity index (χ1) is 10.1. The van der Waals surface area contributed by atoms with Crippen LogP contribution in [0.1, 0.15) is 36.9 Å². The lowest BCUT2D eigenvalue weighted by Gasteiger charge is -2.24. The minimum atomic E-state index is -0.0644. The molecule has 1 atom stereocenters. The van der Waals surface area contributed by atoms with Crippen LogP contribution in [0.4, 0.5) is 0 Å². The summed E-state index contributed by atoms with van der Waals surface area (Å²) < 4.78 is 5.17. The van der Waals surface area contributed by atoms with Crippen molar-refractivity contribution in [3.05, 3.63) is 30.1 Å². The molecule has 0 aromatic carbocycles. The molecule has 1 aliphatic rings. The Kier molecular flexibility index (Phi) is 8.04. The summed E-state index contributed by atoms with van der Waals surface area (Å²) in [6.45, 7) is 14.3. The standard InChI is InChI=1S/C8H14N4.C7H13NO/c1-4-7(9)8-11-5(2)10-6(3)12-8;1-2-3-8-4-6-9-7-5-8/h7H,4,9H2,1-3H3;2H,1,3-7H2. The quantitative estimate of drug-likeness (QED) is 0.846. The van der Waals surface area contributed by atoms with E-state index in [2.05, 4.69) is 26.4 Å². The fraction of sp³-hybridized carbons (Fsp3) is 0.667. The Morgan fingerprint density at radius 2 is 1.81 bits per heavy atom. The van der Waals surface area contributed by atoms with Crippen molar-refractivity contribution in [3.8, 4) is 0 Å². The number of nitrogens with two attached hydrogens (primary N) is 1. The van der Waals surface area contributed by atoms with E-state index in [9.17, 15) is 0 Å². The van der Waals surface area contributed by atoms with Crippen LogP contribution in [0.5, 0.6) is 0 Å². The maximum absolute atomic E-state index is 5.78. The molecule has 2 N–H and O–H groups in total. The van der Waals surface area contributed by atoms with E-state index in [4.69, 9.17) is 10.5 Å². The zero-order chi connectivity index (χ0) is 15.7. The van der Waals surface area contributed by atoms with E-state index in [0.29, 0.717) is 5.82 Å². The van der Waals surface area contributed by atoms with Crippen molar-refractivity contribution in [2.24, 2.45) is 5.73 Å². The number of ether oxygens (including phenoxy) is 1. The molecule has 1 aromatic rings. The van der Waals surface area contributed by atoms with Gasteiger partial charge in [-0.15, -0.1) is 6.58 Å². The second-order valence-corrected chi connectivity index (χ2v) is 5.00. The molecule has 1 aliphatic heterocycles. The van der Waals surface area contributed by atoms with Gasteiger partial charge in [0.1, 0.15) is 17.5 Å². The first-order valence-electron chi connectivity index (χ1n) is 7.42. The van der Waals surface area contributed by atoms with Crippen LogP contribution in [-0.2, 0) is 4.74 Å². The van der Waals surface area contributed by atoms with Gasteiger partial charge in [-0.25, -0.2) is 15.0 Å². The minimum Gasteiger partial charge on any atom is -0.379 e. The summed E-state index contributed by atoms with van der Waals surface area (Å²) in [6.07, 6.45) is 2.79. The molecule has 1 unspecified atom stereocenters. The highest BCUT2D eigenvalue weighted by molar-refractivity contribution is 4.98. The summed E-state index contributed by atoms with van der Waals surface area (Å²) in [5, 5.41) is 0. The van der Waals surface area contributed by atoms with E-state index >= 15 is 0 Å². The third-order valence-corrected chi connectivity index (χ3v) is 3.14. The Morgan fingerprint density at radius 3 is 2.29 bits per heavy atom. The summed E-state index contributed by atoms with van der Waals surface area (Å²) in [7, 11) is 0. The number of aromatic nitrogens is 3. The average molecular weight is 293 g/mol. The van der Waals surface area contributed by atoms with Gasteiger partial charge in [-0.1, -0.05) is 13.0 Å². The maximum atomic E-state index is 5.78. The van der Waals surface area contributed by atoms with Crippen LogP contribution in [0.25, 0.3) is 0 Å². The van der Waals surface area contributed by atoms with Crippen LogP contribution < -0.4 is 5.73 Å². The smallest absolute Gasteiger partial charge is 0.149 e. The second kappa shape index (κ2) is 9.55. The van der Waals surface area contributed by atoms with Gasteiger partial charge in [0.25, 0.3) is 0 Å². The predicted octanol–water partition coefficient (Wildman–Crippen LogP) is 1.40. The molecule has 2 heterocycles. The monoisotopic (exact) mass is 293 g/mol. The number of hydrogen-bond acceptors (Lipinski definition) is 6. The van der Waals surface area contributed by atoms with Crippen molar-refractivity contribution >= 4 is 0 Å². The predicted molar refractivity (Wildman–Crippen MR) is 84.0 cm³/mol. The zero-order valence-electron chi connectivity index (χ0n) is 13.4. The van der Waals surface area contributed by atoms with Crippen molar-refractivity contribution in [2.75, 3.05) is 32.8 Å². The molecular weight excluding hydrogens is 266 g/mol. The van der Waals surface area contributed by atoms with Gasteiger partial charge in [-0.3, -0.25) is 4.90 Å². The Morgan fingerprint density at radius 1 is 1.24 bits per heavy atom. The number of morpholine rings is 1. The lowest BCUT2D eigenvalue weighted by atomic mass is 10.2. The molecular formula is C15H27N5O. The SMILES string of the molecule is C=CCN1CCOCC1.CCC(N)c1nc(C)nc(C)n1. The van der Waals surface area contributed by atoms with Crippen molar-refractivity contribution in [2.45, 2.75) is 33.2 Å². The summed E-state index contributed by atoms with van der Waals surface area (Å²) in [4.78, 5) is 14.7. The Hall–Kier alpha value is -1.37. The lowest BCUT2D eigenvalue weighted by molar-refractivity contribution is 0.0434. The van der Waals surface area contributed by atoms with Gasteiger partial charge in [0.15, 0.2) is 0 Å². The van der Waals surface area contributed by atoms with Crippen molar-refractivity contribution in [1.82, 2.24) is 19.9 Å². The summed E-state index contributed by atoms with van der Waals surface area (Å²) >= 11 is 0. The molecule has 2 rings (SSSR count). The molecule has 1 saturated heterocycles. The molecule has 0 aliphatic carbocycles. The molecule has 0 spiro atoms. The van der Waals surface area contributed by atoms with E-state index in [0.717, 1.165) is 50.9 Å². The summed E-state index contributed by atoms with van der Waals surface area (Å²) in [5.41, 5.74) is 5.78. The van der Waals surface area contributed by atoms with Gasteiger partial charge in [0.05, 0.1) is 19.3 Å². The van der Waals surface area contributed by atoms with Gasteiger partial charge in [0.2, 0.25) is 0 Å². The van der Waals surface area contributed by atoms with E-state index in [1.165, 1.54) is 0 Å². The van der Waals surface area contributed by atoms with Gasteiger partial charge in [-0.2, -0.15) is 0 Å². The molecule has 0 radical (unpaired) electrons. The highest BCUT2D eigenvalue weighted by Gasteiger charge is 2.08. The van der Waals surface area contributed by atoms with Crippen LogP contribution in [0.15, 0.2) is 12.7 Å². The van der Waals surface area contributed by atoms with E-state index in [1.807, 2.05) is 26.8 Å². The largest absolute Gasteiger partial charge is 0.379 e. The number of rotatable bonds is 4. The zero-order valence-corrected chi connectivity index (χ0v) is 13.4. The first-order valence-corrected chi connectivity index (χ1v) is 7.42. The molecule has 0 saturated carbocycles. The molecule has 6 heteroatoms. The van der Waals surface area contributed by atoms with Crippen molar-refractivity contribution < 1.29 is 4.74 Å². The van der Waals surface area contributed by atoms with Crippen LogP contribution in [-0.4, -0.2) is 52.7 Å². The normalized spacial score (nSPS) is 16.8. The summed E-state index contributed by atoms with van der Waals surface area (Å²) in [5.74, 6) is 2.17. The van der Waals surface area contributed by atoms with Gasteiger partial charge in [0, 0.05) is 19.6 Å². The second-order valence-electron chi connectivity index (χ2n) is 5.00. The van der Waals surface area contributed by atoms with Crippen LogP contribution in [0.2, 0.25) is 0 Å². The Labute approximate surface area is 127 Å². The number of aryl methyl sites for hydroxylation is 2. The molecule has 0 amide bonds. The van der Waals surface area contributed by atoms with Crippen molar-refractivity contribution in [1.29, 1.82) is 0 Å². The molecule has 21 heavy (non-hydrogen) atoms. The Balaban J connectivity index is 0.000000219. The van der Waals surface area contributed by atoms with Crippen LogP contribution in [0.3, 0.4) is 0 Å². The minimum absolute atomic E-state index is 0.0644. The highest BCUT2D eigenvalue weighted by Crippen LogP contribution is 2.07. The van der Waals surface area contributed by atoms with Gasteiger partial charge >= 0.3 is 0 Å². The topological polar surface area (TPSA) is 77.2 Å². The van der Waals surface area contributed by atoms with Crippen LogP contribution >= 0.6 is 0 Å². The maximum Gasteiger partial charge on any atom is 0.149 e. The van der Waals surface area contributed by atoms with E-state index < -0.39 is 0 Å². The molecule has 0 bridgehead atoms. The molecule has 1 aromatic heterocycles. The summed E-state index contributed by atoms with van der Waals surface area (Å²) in [6, 6.07) is -0.0644. The first kappa shape index (κ1) is 17.7. The molecule has 118 valence electrons. The fourth-order valence-electron chi connectivity index (χ4n) is 1.96. The van der Waals surface area contributed by atoms with Crippen LogP contribution in [0, 0.1) is 13.8 Å². The van der Waals surface area contributed by atoms with E-state index in [-0.39, 0.29) is 6.04 Å². The van der Waals surface area contributed by atoms with Gasteiger partial charge < -0.3 is 10.5 Å². The van der Waals surface area contributed by atoms with E-state index in [1.54, 1.807) is 0 Å². The Bertz CT molecular complexity index is 412. The third-order valence-electron chi connectivity index (χ3n) is 3.14. The van der Waals surface area contributed by atoms with Crippen molar-refractivity contribution in [3.63, 3.8) is 0 Å². The molecule has 6 nitrogen and oxygen atoms in total. The lowest BCUT2D eigenvalue weighted by Crippen LogP contribution is -2.36. The fourth-order valence-corrected chi connectivity index (χ4v) is 1.96.